The van der Waals surface area contributed by atoms with Crippen molar-refractivity contribution in [3.8, 4) is 0 Å². The standard InChI is InChI=1S/C18H27NO2/c1-18(2,3)15-9-7-14(8-10-15)11-13-19-12-5-4-6-16(19)17(20)21/h7-10,16H,4-6,11-13H2,1-3H3,(H,20,21). The molecule has 1 aliphatic rings. The minimum absolute atomic E-state index is 0.180. The molecule has 3 nitrogen and oxygen atoms in total. The van der Waals surface area contributed by atoms with Crippen LogP contribution in [0, 0.1) is 0 Å². The summed E-state index contributed by atoms with van der Waals surface area (Å²) >= 11 is 0. The summed E-state index contributed by atoms with van der Waals surface area (Å²) in [5.74, 6) is -0.669. The zero-order valence-electron chi connectivity index (χ0n) is 13.4. The van der Waals surface area contributed by atoms with E-state index in [-0.39, 0.29) is 11.5 Å². The Hall–Kier alpha value is -1.35. The number of hydrogen-bond donors (Lipinski definition) is 1. The first-order valence-electron chi connectivity index (χ1n) is 7.94. The fourth-order valence-corrected chi connectivity index (χ4v) is 2.98. The molecule has 1 aromatic carbocycles. The molecule has 0 aliphatic carbocycles. The fourth-order valence-electron chi connectivity index (χ4n) is 2.98. The van der Waals surface area contributed by atoms with Crippen LogP contribution in [-0.2, 0) is 16.6 Å². The number of carboxylic acids is 1. The van der Waals surface area contributed by atoms with Crippen molar-refractivity contribution in [3.05, 3.63) is 35.4 Å². The molecule has 1 unspecified atom stereocenters. The summed E-state index contributed by atoms with van der Waals surface area (Å²) in [4.78, 5) is 13.4. The maximum atomic E-state index is 11.3. The second kappa shape index (κ2) is 6.61. The molecule has 1 N–H and O–H groups in total. The van der Waals surface area contributed by atoms with Gasteiger partial charge in [-0.2, -0.15) is 0 Å². The van der Waals surface area contributed by atoms with Crippen LogP contribution in [0.4, 0.5) is 0 Å². The second-order valence-electron chi connectivity index (χ2n) is 7.08. The normalized spacial score (nSPS) is 20.4. The van der Waals surface area contributed by atoms with E-state index in [9.17, 15) is 9.90 Å². The van der Waals surface area contributed by atoms with E-state index in [1.165, 1.54) is 11.1 Å². The molecule has 1 heterocycles. The maximum absolute atomic E-state index is 11.3. The first kappa shape index (κ1) is 16.0. The highest BCUT2D eigenvalue weighted by molar-refractivity contribution is 5.73. The van der Waals surface area contributed by atoms with E-state index in [2.05, 4.69) is 49.9 Å². The van der Waals surface area contributed by atoms with E-state index in [1.807, 2.05) is 0 Å². The predicted octanol–water partition coefficient (Wildman–Crippen LogP) is 3.47. The third-order valence-electron chi connectivity index (χ3n) is 4.41. The number of carboxylic acid groups (broad SMARTS) is 1. The molecule has 0 amide bonds. The van der Waals surface area contributed by atoms with Crippen molar-refractivity contribution in [1.29, 1.82) is 0 Å². The average molecular weight is 289 g/mol. The van der Waals surface area contributed by atoms with Crippen molar-refractivity contribution in [2.24, 2.45) is 0 Å². The number of rotatable bonds is 4. The van der Waals surface area contributed by atoms with Gasteiger partial charge in [0.05, 0.1) is 0 Å². The number of aliphatic carboxylic acids is 1. The van der Waals surface area contributed by atoms with Gasteiger partial charge in [0.15, 0.2) is 0 Å². The highest BCUT2D eigenvalue weighted by Crippen LogP contribution is 2.23. The number of benzene rings is 1. The van der Waals surface area contributed by atoms with Crippen LogP contribution in [0.2, 0.25) is 0 Å². The van der Waals surface area contributed by atoms with E-state index >= 15 is 0 Å². The molecule has 1 fully saturated rings. The molecule has 0 spiro atoms. The third kappa shape index (κ3) is 4.31. The Kier molecular flexibility index (Phi) is 5.04. The summed E-state index contributed by atoms with van der Waals surface area (Å²) < 4.78 is 0. The van der Waals surface area contributed by atoms with Gasteiger partial charge in [-0.1, -0.05) is 51.5 Å². The lowest BCUT2D eigenvalue weighted by molar-refractivity contribution is -0.144. The summed E-state index contributed by atoms with van der Waals surface area (Å²) in [6.45, 7) is 8.40. The Morgan fingerprint density at radius 3 is 2.48 bits per heavy atom. The molecule has 2 rings (SSSR count). The average Bonchev–Trinajstić information content (AvgIpc) is 2.45. The molecular weight excluding hydrogens is 262 g/mol. The van der Waals surface area contributed by atoms with E-state index in [0.29, 0.717) is 0 Å². The van der Waals surface area contributed by atoms with E-state index in [0.717, 1.165) is 38.8 Å². The second-order valence-corrected chi connectivity index (χ2v) is 7.08. The van der Waals surface area contributed by atoms with Gasteiger partial charge in [-0.05, 0) is 42.3 Å². The van der Waals surface area contributed by atoms with Crippen molar-refractivity contribution in [1.82, 2.24) is 4.90 Å². The minimum atomic E-state index is -0.669. The lowest BCUT2D eigenvalue weighted by Crippen LogP contribution is -2.45. The van der Waals surface area contributed by atoms with Crippen LogP contribution in [0.1, 0.15) is 51.2 Å². The molecule has 0 aromatic heterocycles. The van der Waals surface area contributed by atoms with Crippen molar-refractivity contribution in [3.63, 3.8) is 0 Å². The number of carbonyl (C=O) groups is 1. The monoisotopic (exact) mass is 289 g/mol. The van der Waals surface area contributed by atoms with Crippen molar-refractivity contribution < 1.29 is 9.90 Å². The zero-order valence-corrected chi connectivity index (χ0v) is 13.4. The van der Waals surface area contributed by atoms with Gasteiger partial charge < -0.3 is 5.11 Å². The summed E-state index contributed by atoms with van der Waals surface area (Å²) in [5, 5.41) is 9.29. The Labute approximate surface area is 128 Å². The van der Waals surface area contributed by atoms with Crippen molar-refractivity contribution in [2.75, 3.05) is 13.1 Å². The minimum Gasteiger partial charge on any atom is -0.480 e. The maximum Gasteiger partial charge on any atom is 0.320 e. The van der Waals surface area contributed by atoms with Crippen molar-refractivity contribution >= 4 is 5.97 Å². The van der Waals surface area contributed by atoms with E-state index in [4.69, 9.17) is 0 Å². The molecular formula is C18H27NO2. The molecule has 21 heavy (non-hydrogen) atoms. The molecule has 0 radical (unpaired) electrons. The lowest BCUT2D eigenvalue weighted by Gasteiger charge is -2.32. The largest absolute Gasteiger partial charge is 0.480 e. The number of likely N-dealkylation sites (tertiary alicyclic amines) is 1. The quantitative estimate of drug-likeness (QED) is 0.922. The number of nitrogens with zero attached hydrogens (tertiary/aromatic N) is 1. The third-order valence-corrected chi connectivity index (χ3v) is 4.41. The molecule has 0 saturated carbocycles. The van der Waals surface area contributed by atoms with E-state index < -0.39 is 5.97 Å². The van der Waals surface area contributed by atoms with Gasteiger partial charge in [0.2, 0.25) is 0 Å². The van der Waals surface area contributed by atoms with Gasteiger partial charge in [0.1, 0.15) is 6.04 Å². The Balaban J connectivity index is 1.94. The Bertz CT molecular complexity index is 473. The molecule has 0 bridgehead atoms. The molecule has 1 aliphatic heterocycles. The topological polar surface area (TPSA) is 40.5 Å². The number of piperidine rings is 1. The molecule has 1 aromatic rings. The van der Waals surface area contributed by atoms with Crippen LogP contribution < -0.4 is 0 Å². The first-order chi connectivity index (χ1) is 9.88. The Morgan fingerprint density at radius 2 is 1.90 bits per heavy atom. The van der Waals surface area contributed by atoms with Crippen LogP contribution >= 0.6 is 0 Å². The van der Waals surface area contributed by atoms with Crippen LogP contribution in [0.5, 0.6) is 0 Å². The smallest absolute Gasteiger partial charge is 0.320 e. The molecule has 3 heteroatoms. The summed E-state index contributed by atoms with van der Waals surface area (Å²) in [7, 11) is 0. The van der Waals surface area contributed by atoms with Gasteiger partial charge in [0, 0.05) is 6.54 Å². The highest BCUT2D eigenvalue weighted by Gasteiger charge is 2.27. The summed E-state index contributed by atoms with van der Waals surface area (Å²) in [6.07, 6.45) is 3.87. The van der Waals surface area contributed by atoms with Crippen LogP contribution in [0.25, 0.3) is 0 Å². The van der Waals surface area contributed by atoms with Gasteiger partial charge >= 0.3 is 5.97 Å². The van der Waals surface area contributed by atoms with Gasteiger partial charge in [-0.25, -0.2) is 0 Å². The highest BCUT2D eigenvalue weighted by atomic mass is 16.4. The van der Waals surface area contributed by atoms with Gasteiger partial charge in [0.25, 0.3) is 0 Å². The van der Waals surface area contributed by atoms with E-state index in [1.54, 1.807) is 0 Å². The number of hydrogen-bond acceptors (Lipinski definition) is 2. The Morgan fingerprint density at radius 1 is 1.24 bits per heavy atom. The summed E-state index contributed by atoms with van der Waals surface area (Å²) in [5.41, 5.74) is 2.81. The van der Waals surface area contributed by atoms with Crippen molar-refractivity contribution in [2.45, 2.75) is 57.9 Å². The predicted molar refractivity (Wildman–Crippen MR) is 85.7 cm³/mol. The first-order valence-corrected chi connectivity index (χ1v) is 7.94. The molecule has 1 atom stereocenters. The lowest BCUT2D eigenvalue weighted by atomic mass is 9.86. The van der Waals surface area contributed by atoms with Crippen LogP contribution in [-0.4, -0.2) is 35.1 Å². The van der Waals surface area contributed by atoms with Gasteiger partial charge in [-0.3, -0.25) is 9.69 Å². The SMILES string of the molecule is CC(C)(C)c1ccc(CCN2CCCCC2C(=O)O)cc1. The fraction of sp³-hybridized carbons (Fsp3) is 0.611. The molecule has 116 valence electrons. The zero-order chi connectivity index (χ0) is 15.5. The molecule has 1 saturated heterocycles. The van der Waals surface area contributed by atoms with Crippen LogP contribution in [0.15, 0.2) is 24.3 Å². The van der Waals surface area contributed by atoms with Gasteiger partial charge in [-0.15, -0.1) is 0 Å². The van der Waals surface area contributed by atoms with Crippen LogP contribution in [0.3, 0.4) is 0 Å². The summed E-state index contributed by atoms with van der Waals surface area (Å²) in [6, 6.07) is 8.47.